The standard InChI is InChI=1S/C16H16O4S/c1-19-14-9-11(7-8-12(14)16(17)18)10-20-13-5-3-4-6-15(13)21-2/h3-9H,10H2,1-2H3,(H,17,18). The maximum atomic E-state index is 11.0. The Hall–Kier alpha value is -2.14. The van der Waals surface area contributed by atoms with E-state index in [1.165, 1.54) is 13.2 Å². The Morgan fingerprint density at radius 3 is 2.62 bits per heavy atom. The molecule has 110 valence electrons. The minimum atomic E-state index is -1.01. The van der Waals surface area contributed by atoms with Crippen LogP contribution in [0.2, 0.25) is 0 Å². The van der Waals surface area contributed by atoms with Crippen LogP contribution in [-0.4, -0.2) is 24.4 Å². The first kappa shape index (κ1) is 15.3. The molecule has 0 heterocycles. The summed E-state index contributed by atoms with van der Waals surface area (Å²) in [5.74, 6) is 0.139. The lowest BCUT2D eigenvalue weighted by Gasteiger charge is -2.11. The van der Waals surface area contributed by atoms with E-state index in [0.717, 1.165) is 16.2 Å². The van der Waals surface area contributed by atoms with E-state index < -0.39 is 5.97 Å². The molecular weight excluding hydrogens is 288 g/mol. The number of carboxylic acids is 1. The summed E-state index contributed by atoms with van der Waals surface area (Å²) in [6.07, 6.45) is 1.99. The molecule has 0 bridgehead atoms. The summed E-state index contributed by atoms with van der Waals surface area (Å²) >= 11 is 1.62. The second-order valence-corrected chi connectivity index (χ2v) is 5.13. The Labute approximate surface area is 127 Å². The van der Waals surface area contributed by atoms with Crippen LogP contribution in [0.25, 0.3) is 0 Å². The van der Waals surface area contributed by atoms with Gasteiger partial charge >= 0.3 is 5.97 Å². The molecule has 1 N–H and O–H groups in total. The number of methoxy groups -OCH3 is 1. The summed E-state index contributed by atoms with van der Waals surface area (Å²) in [6, 6.07) is 12.7. The fourth-order valence-corrected chi connectivity index (χ4v) is 2.44. The van der Waals surface area contributed by atoms with Gasteiger partial charge < -0.3 is 14.6 Å². The molecule has 4 nitrogen and oxygen atoms in total. The fourth-order valence-electron chi connectivity index (χ4n) is 1.90. The van der Waals surface area contributed by atoms with E-state index in [1.807, 2.05) is 30.5 Å². The number of hydrogen-bond acceptors (Lipinski definition) is 4. The molecule has 0 aliphatic heterocycles. The van der Waals surface area contributed by atoms with Gasteiger partial charge in [0, 0.05) is 4.90 Å². The van der Waals surface area contributed by atoms with Gasteiger partial charge in [0.2, 0.25) is 0 Å². The lowest BCUT2D eigenvalue weighted by molar-refractivity contribution is 0.0693. The molecule has 0 saturated heterocycles. The maximum absolute atomic E-state index is 11.0. The topological polar surface area (TPSA) is 55.8 Å². The molecule has 0 spiro atoms. The highest BCUT2D eigenvalue weighted by Gasteiger charge is 2.11. The van der Waals surface area contributed by atoms with Crippen LogP contribution < -0.4 is 9.47 Å². The van der Waals surface area contributed by atoms with E-state index in [-0.39, 0.29) is 5.56 Å². The summed E-state index contributed by atoms with van der Waals surface area (Å²) in [7, 11) is 1.45. The van der Waals surface area contributed by atoms with Gasteiger partial charge in [-0.2, -0.15) is 0 Å². The van der Waals surface area contributed by atoms with Crippen LogP contribution in [0, 0.1) is 0 Å². The summed E-state index contributed by atoms with van der Waals surface area (Å²) in [5, 5.41) is 9.05. The third kappa shape index (κ3) is 3.70. The van der Waals surface area contributed by atoms with Crippen LogP contribution in [-0.2, 0) is 6.61 Å². The Morgan fingerprint density at radius 1 is 1.19 bits per heavy atom. The molecule has 5 heteroatoms. The number of benzene rings is 2. The van der Waals surface area contributed by atoms with Gasteiger partial charge in [0.25, 0.3) is 0 Å². The van der Waals surface area contributed by atoms with Gasteiger partial charge in [0.05, 0.1) is 7.11 Å². The zero-order chi connectivity index (χ0) is 15.2. The van der Waals surface area contributed by atoms with Crippen molar-refractivity contribution in [2.24, 2.45) is 0 Å². The zero-order valence-corrected chi connectivity index (χ0v) is 12.6. The summed E-state index contributed by atoms with van der Waals surface area (Å²) < 4.78 is 10.9. The average Bonchev–Trinajstić information content (AvgIpc) is 2.52. The van der Waals surface area contributed by atoms with Crippen molar-refractivity contribution < 1.29 is 19.4 Å². The number of hydrogen-bond donors (Lipinski definition) is 1. The third-order valence-corrected chi connectivity index (χ3v) is 3.74. The van der Waals surface area contributed by atoms with E-state index in [9.17, 15) is 4.79 Å². The van der Waals surface area contributed by atoms with Crippen molar-refractivity contribution in [1.29, 1.82) is 0 Å². The smallest absolute Gasteiger partial charge is 0.339 e. The van der Waals surface area contributed by atoms with Crippen LogP contribution in [0.3, 0.4) is 0 Å². The highest BCUT2D eigenvalue weighted by atomic mass is 32.2. The number of thioether (sulfide) groups is 1. The highest BCUT2D eigenvalue weighted by Crippen LogP contribution is 2.28. The number of rotatable bonds is 6. The lowest BCUT2D eigenvalue weighted by atomic mass is 10.1. The van der Waals surface area contributed by atoms with Crippen LogP contribution in [0.4, 0.5) is 0 Å². The highest BCUT2D eigenvalue weighted by molar-refractivity contribution is 7.98. The quantitative estimate of drug-likeness (QED) is 0.825. The van der Waals surface area contributed by atoms with E-state index in [0.29, 0.717) is 12.4 Å². The molecule has 2 rings (SSSR count). The van der Waals surface area contributed by atoms with Crippen molar-refractivity contribution in [1.82, 2.24) is 0 Å². The Balaban J connectivity index is 2.15. The van der Waals surface area contributed by atoms with Crippen molar-refractivity contribution in [3.05, 3.63) is 53.6 Å². The molecule has 0 fully saturated rings. The molecule has 2 aromatic rings. The van der Waals surface area contributed by atoms with Gasteiger partial charge in [-0.05, 0) is 36.1 Å². The minimum absolute atomic E-state index is 0.144. The molecule has 0 amide bonds. The van der Waals surface area contributed by atoms with E-state index in [1.54, 1.807) is 23.9 Å². The second-order valence-electron chi connectivity index (χ2n) is 4.28. The minimum Gasteiger partial charge on any atom is -0.496 e. The molecular formula is C16H16O4S. The molecule has 0 saturated carbocycles. The predicted octanol–water partition coefficient (Wildman–Crippen LogP) is 3.69. The summed E-state index contributed by atoms with van der Waals surface area (Å²) in [4.78, 5) is 12.1. The Morgan fingerprint density at radius 2 is 1.95 bits per heavy atom. The molecule has 0 unspecified atom stereocenters. The number of carboxylic acid groups (broad SMARTS) is 1. The first-order chi connectivity index (χ1) is 10.2. The first-order valence-corrected chi connectivity index (χ1v) is 7.54. The van der Waals surface area contributed by atoms with E-state index in [2.05, 4.69) is 0 Å². The van der Waals surface area contributed by atoms with Gasteiger partial charge in [-0.1, -0.05) is 18.2 Å². The number of aromatic carboxylic acids is 1. The molecule has 0 aliphatic carbocycles. The van der Waals surface area contributed by atoms with Crippen LogP contribution in [0.15, 0.2) is 47.4 Å². The van der Waals surface area contributed by atoms with Gasteiger partial charge in [-0.25, -0.2) is 4.79 Å². The predicted molar refractivity (Wildman–Crippen MR) is 82.5 cm³/mol. The molecule has 0 aromatic heterocycles. The Bertz CT molecular complexity index is 640. The van der Waals surface area contributed by atoms with Crippen molar-refractivity contribution in [2.75, 3.05) is 13.4 Å². The van der Waals surface area contributed by atoms with Gasteiger partial charge in [-0.15, -0.1) is 11.8 Å². The van der Waals surface area contributed by atoms with Crippen LogP contribution in [0.5, 0.6) is 11.5 Å². The largest absolute Gasteiger partial charge is 0.496 e. The van der Waals surface area contributed by atoms with Crippen LogP contribution >= 0.6 is 11.8 Å². The molecule has 0 aliphatic rings. The second kappa shape index (κ2) is 7.04. The third-order valence-electron chi connectivity index (χ3n) is 2.96. The van der Waals surface area contributed by atoms with E-state index >= 15 is 0 Å². The Kier molecular flexibility index (Phi) is 5.11. The van der Waals surface area contributed by atoms with Crippen LogP contribution in [0.1, 0.15) is 15.9 Å². The number of carbonyl (C=O) groups is 1. The number of ether oxygens (including phenoxy) is 2. The van der Waals surface area contributed by atoms with Gasteiger partial charge in [0.1, 0.15) is 23.7 Å². The SMILES string of the molecule is COc1cc(COc2ccccc2SC)ccc1C(=O)O. The zero-order valence-electron chi connectivity index (χ0n) is 11.8. The van der Waals surface area contributed by atoms with Crippen molar-refractivity contribution in [3.63, 3.8) is 0 Å². The maximum Gasteiger partial charge on any atom is 0.339 e. The molecule has 0 radical (unpaired) electrons. The monoisotopic (exact) mass is 304 g/mol. The molecule has 2 aromatic carbocycles. The molecule has 21 heavy (non-hydrogen) atoms. The summed E-state index contributed by atoms with van der Waals surface area (Å²) in [6.45, 7) is 0.355. The van der Waals surface area contributed by atoms with Crippen molar-refractivity contribution in [2.45, 2.75) is 11.5 Å². The van der Waals surface area contributed by atoms with Crippen molar-refractivity contribution in [3.8, 4) is 11.5 Å². The number of para-hydroxylation sites is 1. The van der Waals surface area contributed by atoms with Gasteiger partial charge in [-0.3, -0.25) is 0 Å². The first-order valence-electron chi connectivity index (χ1n) is 6.31. The van der Waals surface area contributed by atoms with Crippen molar-refractivity contribution >= 4 is 17.7 Å². The fraction of sp³-hybridized carbons (Fsp3) is 0.188. The average molecular weight is 304 g/mol. The van der Waals surface area contributed by atoms with E-state index in [4.69, 9.17) is 14.6 Å². The summed E-state index contributed by atoms with van der Waals surface area (Å²) in [5.41, 5.74) is 0.999. The normalized spacial score (nSPS) is 10.2. The van der Waals surface area contributed by atoms with Gasteiger partial charge in [0.15, 0.2) is 0 Å². The molecule has 0 atom stereocenters. The lowest BCUT2D eigenvalue weighted by Crippen LogP contribution is -2.03.